The smallest absolute Gasteiger partial charge is 0.150 e. The van der Waals surface area contributed by atoms with Crippen LogP contribution in [0.2, 0.25) is 0 Å². The van der Waals surface area contributed by atoms with E-state index < -0.39 is 0 Å². The molecule has 0 unspecified atom stereocenters. The molecule has 0 aliphatic rings. The van der Waals surface area contributed by atoms with Gasteiger partial charge in [-0.3, -0.25) is 4.79 Å². The highest BCUT2D eigenvalue weighted by Gasteiger charge is 1.99. The zero-order valence-corrected chi connectivity index (χ0v) is 7.02. The second kappa shape index (κ2) is 5.86. The highest BCUT2D eigenvalue weighted by atomic mass is 16.1. The van der Waals surface area contributed by atoms with Crippen LogP contribution in [0.1, 0.15) is 13.3 Å². The van der Waals surface area contributed by atoms with E-state index in [0.29, 0.717) is 19.5 Å². The molecule has 0 saturated carbocycles. The lowest BCUT2D eigenvalue weighted by molar-refractivity contribution is -0.117. The number of hydrogen-bond acceptors (Lipinski definition) is 2. The van der Waals surface area contributed by atoms with Gasteiger partial charge in [0.05, 0.1) is 6.54 Å². The van der Waals surface area contributed by atoms with E-state index in [1.54, 1.807) is 6.08 Å². The molecule has 0 radical (unpaired) electrons. The Morgan fingerprint density at radius 1 is 1.64 bits per heavy atom. The number of carbonyl (C=O) groups excluding carboxylic acids is 1. The normalized spacial score (nSPS) is 9.18. The van der Waals surface area contributed by atoms with E-state index in [0.717, 1.165) is 5.57 Å². The average molecular weight is 153 g/mol. The fraction of sp³-hybridized carbons (Fsp3) is 0.444. The lowest BCUT2D eigenvalue weighted by Crippen LogP contribution is -2.22. The molecule has 0 aromatic heterocycles. The largest absolute Gasteiger partial charge is 0.307 e. The van der Waals surface area contributed by atoms with Crippen LogP contribution in [0.25, 0.3) is 0 Å². The van der Waals surface area contributed by atoms with Gasteiger partial charge in [-0.05, 0) is 6.92 Å². The first kappa shape index (κ1) is 10.1. The molecule has 0 amide bonds. The highest BCUT2D eigenvalue weighted by Crippen LogP contribution is 1.94. The van der Waals surface area contributed by atoms with Crippen molar-refractivity contribution in [3.63, 3.8) is 0 Å². The van der Waals surface area contributed by atoms with Gasteiger partial charge in [0.15, 0.2) is 5.78 Å². The molecule has 0 aromatic rings. The maximum Gasteiger partial charge on any atom is 0.150 e. The number of allylic oxidation sites excluding steroid dienone is 1. The summed E-state index contributed by atoms with van der Waals surface area (Å²) in [6.07, 6.45) is 2.21. The minimum absolute atomic E-state index is 0.180. The molecule has 11 heavy (non-hydrogen) atoms. The topological polar surface area (TPSA) is 29.1 Å². The SMILES string of the molecule is C=CCNCC(=O)CC(=C)C. The van der Waals surface area contributed by atoms with Crippen molar-refractivity contribution in [2.45, 2.75) is 13.3 Å². The van der Waals surface area contributed by atoms with E-state index in [1.165, 1.54) is 0 Å². The summed E-state index contributed by atoms with van der Waals surface area (Å²) in [6, 6.07) is 0. The van der Waals surface area contributed by atoms with Crippen LogP contribution in [0.3, 0.4) is 0 Å². The van der Waals surface area contributed by atoms with Gasteiger partial charge in [-0.2, -0.15) is 0 Å². The van der Waals surface area contributed by atoms with Crippen LogP contribution in [0.4, 0.5) is 0 Å². The summed E-state index contributed by atoms with van der Waals surface area (Å²) in [5.74, 6) is 0.180. The van der Waals surface area contributed by atoms with E-state index in [1.807, 2.05) is 6.92 Å². The van der Waals surface area contributed by atoms with Gasteiger partial charge < -0.3 is 5.32 Å². The monoisotopic (exact) mass is 153 g/mol. The van der Waals surface area contributed by atoms with Crippen molar-refractivity contribution in [1.82, 2.24) is 5.32 Å². The molecule has 2 heteroatoms. The van der Waals surface area contributed by atoms with Crippen LogP contribution in [0, 0.1) is 0 Å². The summed E-state index contributed by atoms with van der Waals surface area (Å²) < 4.78 is 0. The molecule has 0 spiro atoms. The first-order valence-electron chi connectivity index (χ1n) is 3.64. The third-order valence-electron chi connectivity index (χ3n) is 1.11. The summed E-state index contributed by atoms with van der Waals surface area (Å²) >= 11 is 0. The second-order valence-corrected chi connectivity index (χ2v) is 2.59. The van der Waals surface area contributed by atoms with E-state index in [9.17, 15) is 4.79 Å². The van der Waals surface area contributed by atoms with Crippen LogP contribution in [0.5, 0.6) is 0 Å². The maximum absolute atomic E-state index is 11.0. The van der Waals surface area contributed by atoms with Crippen molar-refractivity contribution >= 4 is 5.78 Å². The van der Waals surface area contributed by atoms with Crippen molar-refractivity contribution in [3.05, 3.63) is 24.8 Å². The van der Waals surface area contributed by atoms with Crippen molar-refractivity contribution in [2.75, 3.05) is 13.1 Å². The van der Waals surface area contributed by atoms with E-state index in [2.05, 4.69) is 18.5 Å². The molecule has 0 saturated heterocycles. The summed E-state index contributed by atoms with van der Waals surface area (Å²) in [6.45, 7) is 10.1. The van der Waals surface area contributed by atoms with E-state index in [-0.39, 0.29) is 5.78 Å². The van der Waals surface area contributed by atoms with Crippen molar-refractivity contribution in [2.24, 2.45) is 0 Å². The molecule has 1 N–H and O–H groups in total. The maximum atomic E-state index is 11.0. The molecular formula is C9H15NO. The Morgan fingerprint density at radius 2 is 2.27 bits per heavy atom. The Kier molecular flexibility index (Phi) is 5.39. The lowest BCUT2D eigenvalue weighted by atomic mass is 10.2. The van der Waals surface area contributed by atoms with Gasteiger partial charge >= 0.3 is 0 Å². The second-order valence-electron chi connectivity index (χ2n) is 2.59. The first-order valence-corrected chi connectivity index (χ1v) is 3.64. The Bertz CT molecular complexity index is 161. The number of carbonyl (C=O) groups is 1. The van der Waals surface area contributed by atoms with E-state index in [4.69, 9.17) is 0 Å². The van der Waals surface area contributed by atoms with Crippen LogP contribution < -0.4 is 5.32 Å². The van der Waals surface area contributed by atoms with Gasteiger partial charge in [0.2, 0.25) is 0 Å². The zero-order valence-electron chi connectivity index (χ0n) is 7.02. The van der Waals surface area contributed by atoms with Gasteiger partial charge in [-0.1, -0.05) is 18.2 Å². The Labute approximate surface area is 68.0 Å². The predicted octanol–water partition coefficient (Wildman–Crippen LogP) is 1.30. The van der Waals surface area contributed by atoms with Crippen LogP contribution in [-0.2, 0) is 4.79 Å². The number of hydrogen-bond donors (Lipinski definition) is 1. The summed E-state index contributed by atoms with van der Waals surface area (Å²) in [4.78, 5) is 11.0. The minimum atomic E-state index is 0.180. The Morgan fingerprint density at radius 3 is 2.73 bits per heavy atom. The summed E-state index contributed by atoms with van der Waals surface area (Å²) in [5.41, 5.74) is 0.912. The molecule has 0 atom stereocenters. The zero-order chi connectivity index (χ0) is 8.69. The lowest BCUT2D eigenvalue weighted by Gasteiger charge is -1.99. The van der Waals surface area contributed by atoms with Crippen LogP contribution in [-0.4, -0.2) is 18.9 Å². The quantitative estimate of drug-likeness (QED) is 0.460. The average Bonchev–Trinajstić information content (AvgIpc) is 1.86. The molecule has 0 fully saturated rings. The number of nitrogens with one attached hydrogen (secondary N) is 1. The molecule has 0 aliphatic carbocycles. The number of rotatable bonds is 6. The third-order valence-corrected chi connectivity index (χ3v) is 1.11. The minimum Gasteiger partial charge on any atom is -0.307 e. The molecule has 2 nitrogen and oxygen atoms in total. The van der Waals surface area contributed by atoms with Gasteiger partial charge in [0.1, 0.15) is 0 Å². The molecule has 62 valence electrons. The predicted molar refractivity (Wildman–Crippen MR) is 47.5 cm³/mol. The van der Waals surface area contributed by atoms with Gasteiger partial charge in [-0.15, -0.1) is 6.58 Å². The van der Waals surface area contributed by atoms with Gasteiger partial charge in [0.25, 0.3) is 0 Å². The van der Waals surface area contributed by atoms with Crippen LogP contribution >= 0.6 is 0 Å². The standard InChI is InChI=1S/C9H15NO/c1-4-5-10-7-9(11)6-8(2)3/h4,10H,1-2,5-7H2,3H3. The van der Waals surface area contributed by atoms with Crippen molar-refractivity contribution in [1.29, 1.82) is 0 Å². The third kappa shape index (κ3) is 7.00. The first-order chi connectivity index (χ1) is 5.16. The van der Waals surface area contributed by atoms with Crippen molar-refractivity contribution in [3.8, 4) is 0 Å². The molecule has 0 aromatic carbocycles. The number of Topliss-reactive ketones (excluding diaryl/α,β-unsaturated/α-hetero) is 1. The molecule has 0 bridgehead atoms. The fourth-order valence-corrected chi connectivity index (χ4v) is 0.713. The van der Waals surface area contributed by atoms with E-state index >= 15 is 0 Å². The Hall–Kier alpha value is -0.890. The highest BCUT2D eigenvalue weighted by molar-refractivity contribution is 5.82. The summed E-state index contributed by atoms with van der Waals surface area (Å²) in [5, 5.41) is 2.93. The Balaban J connectivity index is 3.37. The molecule has 0 heterocycles. The number of ketones is 1. The van der Waals surface area contributed by atoms with Crippen molar-refractivity contribution < 1.29 is 4.79 Å². The molecule has 0 aliphatic heterocycles. The van der Waals surface area contributed by atoms with Gasteiger partial charge in [-0.25, -0.2) is 0 Å². The van der Waals surface area contributed by atoms with Crippen LogP contribution in [0.15, 0.2) is 24.8 Å². The van der Waals surface area contributed by atoms with Gasteiger partial charge in [0, 0.05) is 13.0 Å². The fourth-order valence-electron chi connectivity index (χ4n) is 0.713. The molecule has 0 rings (SSSR count). The molecular weight excluding hydrogens is 138 g/mol. The summed E-state index contributed by atoms with van der Waals surface area (Å²) in [7, 11) is 0.